The molecule has 1 aromatic carbocycles. The molecule has 0 unspecified atom stereocenters. The topological polar surface area (TPSA) is 40.5 Å². The van der Waals surface area contributed by atoms with Crippen LogP contribution in [0.25, 0.3) is 0 Å². The van der Waals surface area contributed by atoms with E-state index in [-0.39, 0.29) is 30.0 Å². The van der Waals surface area contributed by atoms with Gasteiger partial charge in [0, 0.05) is 22.7 Å². The number of hydrogen-bond donors (Lipinski definition) is 1. The van der Waals surface area contributed by atoms with Crippen molar-refractivity contribution in [2.75, 3.05) is 11.4 Å². The number of nitrogens with zero attached hydrogens (tertiary/aromatic N) is 1. The van der Waals surface area contributed by atoms with Crippen molar-refractivity contribution in [2.24, 2.45) is 0 Å². The van der Waals surface area contributed by atoms with E-state index in [2.05, 4.69) is 0 Å². The predicted molar refractivity (Wildman–Crippen MR) is 95.8 cm³/mol. The Hall–Kier alpha value is -2.07. The van der Waals surface area contributed by atoms with Crippen LogP contribution in [0.1, 0.15) is 28.8 Å². The molecule has 3 nitrogen and oxygen atoms in total. The molecule has 0 saturated heterocycles. The Morgan fingerprint density at radius 1 is 1.07 bits per heavy atom. The second kappa shape index (κ2) is 7.64. The van der Waals surface area contributed by atoms with E-state index in [0.717, 1.165) is 10.9 Å². The number of hydrogen-bond acceptors (Lipinski definition) is 3. The van der Waals surface area contributed by atoms with Gasteiger partial charge >= 0.3 is 12.4 Å². The predicted octanol–water partition coefficient (Wildman–Crippen LogP) is 4.97. The molecule has 1 aliphatic rings. The summed E-state index contributed by atoms with van der Waals surface area (Å²) in [6.07, 6.45) is -10.5. The van der Waals surface area contributed by atoms with Gasteiger partial charge in [-0.15, -0.1) is 11.3 Å². The van der Waals surface area contributed by atoms with Crippen LogP contribution in [-0.2, 0) is 23.2 Å². The fraction of sp³-hybridized carbons (Fsp3) is 0.421. The molecule has 158 valence electrons. The molecule has 0 atom stereocenters. The molecule has 0 saturated carbocycles. The summed E-state index contributed by atoms with van der Waals surface area (Å²) >= 11 is 1.38. The van der Waals surface area contributed by atoms with E-state index in [0.29, 0.717) is 31.5 Å². The number of carbonyl (C=O) groups excluding carboxylic acids is 1. The standard InChI is InChI=1S/C19H17F6NO2S/c20-18(21,22)17(28,19(23,24)25)13-6-7-15-12(10-13)4-1-2-8-26(15)16(27)11-14-5-3-9-29-14/h3,5-7,9-10,28H,1-2,4,8,11H2. The minimum Gasteiger partial charge on any atom is -0.369 e. The smallest absolute Gasteiger partial charge is 0.369 e. The summed E-state index contributed by atoms with van der Waals surface area (Å²) in [6.45, 7) is 0.319. The van der Waals surface area contributed by atoms with Crippen molar-refractivity contribution >= 4 is 22.9 Å². The summed E-state index contributed by atoms with van der Waals surface area (Å²) < 4.78 is 79.1. The monoisotopic (exact) mass is 437 g/mol. The molecule has 2 aromatic rings. The van der Waals surface area contributed by atoms with Crippen LogP contribution >= 0.6 is 11.3 Å². The zero-order valence-corrected chi connectivity index (χ0v) is 15.8. The highest BCUT2D eigenvalue weighted by Gasteiger charge is 2.71. The Morgan fingerprint density at radius 2 is 1.76 bits per heavy atom. The van der Waals surface area contributed by atoms with Crippen LogP contribution < -0.4 is 4.90 Å². The van der Waals surface area contributed by atoms with E-state index in [1.54, 1.807) is 17.5 Å². The van der Waals surface area contributed by atoms with Crippen LogP contribution in [0.2, 0.25) is 0 Å². The number of fused-ring (bicyclic) bond motifs is 1. The van der Waals surface area contributed by atoms with Gasteiger partial charge in [-0.1, -0.05) is 18.2 Å². The molecule has 1 amide bonds. The van der Waals surface area contributed by atoms with Gasteiger partial charge in [0.2, 0.25) is 5.91 Å². The molecule has 29 heavy (non-hydrogen) atoms. The van der Waals surface area contributed by atoms with Crippen molar-refractivity contribution in [1.82, 2.24) is 0 Å². The summed E-state index contributed by atoms with van der Waals surface area (Å²) in [4.78, 5) is 14.9. The quantitative estimate of drug-likeness (QED) is 0.689. The zero-order valence-electron chi connectivity index (χ0n) is 15.0. The Labute approximate surface area is 166 Å². The number of rotatable bonds is 3. The van der Waals surface area contributed by atoms with Crippen LogP contribution in [-0.4, -0.2) is 29.9 Å². The van der Waals surface area contributed by atoms with Gasteiger partial charge in [-0.3, -0.25) is 4.79 Å². The molecule has 0 radical (unpaired) electrons. The van der Waals surface area contributed by atoms with Crippen molar-refractivity contribution in [1.29, 1.82) is 0 Å². The lowest BCUT2D eigenvalue weighted by molar-refractivity contribution is -0.376. The van der Waals surface area contributed by atoms with Crippen LogP contribution in [0.5, 0.6) is 0 Å². The van der Waals surface area contributed by atoms with E-state index >= 15 is 0 Å². The van der Waals surface area contributed by atoms with Crippen molar-refractivity contribution in [3.8, 4) is 0 Å². The highest BCUT2D eigenvalue weighted by molar-refractivity contribution is 7.10. The molecule has 3 rings (SSSR count). The highest BCUT2D eigenvalue weighted by atomic mass is 32.1. The third-order valence-corrected chi connectivity index (χ3v) is 5.77. The maximum Gasteiger partial charge on any atom is 0.430 e. The average Bonchev–Trinajstić information content (AvgIpc) is 3.02. The Morgan fingerprint density at radius 3 is 2.34 bits per heavy atom. The Balaban J connectivity index is 2.01. The van der Waals surface area contributed by atoms with Crippen molar-refractivity contribution in [3.05, 3.63) is 51.7 Å². The minimum absolute atomic E-state index is 0.0912. The molecular weight excluding hydrogens is 420 g/mol. The van der Waals surface area contributed by atoms with E-state index in [1.807, 2.05) is 0 Å². The van der Waals surface area contributed by atoms with Crippen molar-refractivity contribution < 1.29 is 36.2 Å². The maximum absolute atomic E-state index is 13.2. The second-order valence-electron chi connectivity index (χ2n) is 6.81. The summed E-state index contributed by atoms with van der Waals surface area (Å²) in [5.41, 5.74) is -5.83. The maximum atomic E-state index is 13.2. The van der Waals surface area contributed by atoms with Crippen LogP contribution in [0.3, 0.4) is 0 Å². The van der Waals surface area contributed by atoms with E-state index < -0.39 is 23.5 Å². The number of aliphatic hydroxyl groups is 1. The Bertz CT molecular complexity index is 862. The number of alkyl halides is 6. The molecule has 0 aliphatic carbocycles. The Kier molecular flexibility index (Phi) is 5.70. The van der Waals surface area contributed by atoms with Gasteiger partial charge in [0.15, 0.2) is 0 Å². The molecule has 1 aromatic heterocycles. The van der Waals surface area contributed by atoms with Gasteiger partial charge in [0.1, 0.15) is 0 Å². The fourth-order valence-corrected chi connectivity index (χ4v) is 4.08. The summed E-state index contributed by atoms with van der Waals surface area (Å²) in [7, 11) is 0. The first-order chi connectivity index (χ1) is 13.4. The average molecular weight is 437 g/mol. The number of benzene rings is 1. The minimum atomic E-state index is -5.95. The van der Waals surface area contributed by atoms with Gasteiger partial charge in [-0.2, -0.15) is 26.3 Å². The van der Waals surface area contributed by atoms with E-state index in [1.165, 1.54) is 16.2 Å². The summed E-state index contributed by atoms with van der Waals surface area (Å²) in [5.74, 6) is -0.287. The first-order valence-electron chi connectivity index (χ1n) is 8.77. The summed E-state index contributed by atoms with van der Waals surface area (Å²) in [5, 5.41) is 11.5. The fourth-order valence-electron chi connectivity index (χ4n) is 3.38. The van der Waals surface area contributed by atoms with E-state index in [4.69, 9.17) is 0 Å². The number of anilines is 1. The zero-order chi connectivity index (χ0) is 21.4. The molecule has 0 spiro atoms. The van der Waals surface area contributed by atoms with Crippen molar-refractivity contribution in [2.45, 2.75) is 43.6 Å². The van der Waals surface area contributed by atoms with Crippen LogP contribution in [0, 0.1) is 0 Å². The van der Waals surface area contributed by atoms with Crippen molar-refractivity contribution in [3.63, 3.8) is 0 Å². The number of aryl methyl sites for hydroxylation is 1. The largest absolute Gasteiger partial charge is 0.430 e. The van der Waals surface area contributed by atoms with E-state index in [9.17, 15) is 36.2 Å². The molecule has 10 heteroatoms. The normalized spacial score (nSPS) is 15.8. The molecular formula is C19H17F6NO2S. The lowest BCUT2D eigenvalue weighted by atomic mass is 9.89. The third kappa shape index (κ3) is 4.00. The number of amides is 1. The lowest BCUT2D eigenvalue weighted by Gasteiger charge is -2.33. The molecule has 1 aliphatic heterocycles. The second-order valence-corrected chi connectivity index (χ2v) is 7.84. The van der Waals surface area contributed by atoms with Crippen LogP contribution in [0.15, 0.2) is 35.7 Å². The van der Waals surface area contributed by atoms with Gasteiger partial charge in [0.05, 0.1) is 6.42 Å². The summed E-state index contributed by atoms with van der Waals surface area (Å²) in [6, 6.07) is 5.93. The number of thiophene rings is 1. The van der Waals surface area contributed by atoms with Gasteiger partial charge < -0.3 is 10.0 Å². The SMILES string of the molecule is O=C(Cc1cccs1)N1CCCCc2cc(C(O)(C(F)(F)F)C(F)(F)F)ccc21. The third-order valence-electron chi connectivity index (χ3n) is 4.89. The van der Waals surface area contributed by atoms with Gasteiger partial charge in [0.25, 0.3) is 5.60 Å². The molecule has 2 heterocycles. The highest BCUT2D eigenvalue weighted by Crippen LogP contribution is 2.50. The van der Waals surface area contributed by atoms with Gasteiger partial charge in [-0.05, 0) is 42.3 Å². The lowest BCUT2D eigenvalue weighted by Crippen LogP contribution is -2.54. The molecule has 0 bridgehead atoms. The number of carbonyl (C=O) groups is 1. The van der Waals surface area contributed by atoms with Crippen LogP contribution in [0.4, 0.5) is 32.0 Å². The first-order valence-corrected chi connectivity index (χ1v) is 9.65. The first kappa shape index (κ1) is 21.6. The molecule has 1 N–H and O–H groups in total. The molecule has 0 fully saturated rings. The van der Waals surface area contributed by atoms with Gasteiger partial charge in [-0.25, -0.2) is 0 Å². The number of halogens is 6.